The molecule has 0 saturated carbocycles. The van der Waals surface area contributed by atoms with Gasteiger partial charge in [0.2, 0.25) is 5.88 Å². The minimum atomic E-state index is 0.520. The molecule has 5 nitrogen and oxygen atoms in total. The first kappa shape index (κ1) is 15.7. The summed E-state index contributed by atoms with van der Waals surface area (Å²) in [6, 6.07) is 0. The van der Waals surface area contributed by atoms with Gasteiger partial charge in [-0.05, 0) is 20.3 Å². The van der Waals surface area contributed by atoms with Crippen LogP contribution >= 0.6 is 0 Å². The zero-order chi connectivity index (χ0) is 14.1. The van der Waals surface area contributed by atoms with Gasteiger partial charge in [-0.1, -0.05) is 13.8 Å². The third-order valence-electron chi connectivity index (χ3n) is 2.62. The second-order valence-corrected chi connectivity index (χ2v) is 4.26. The van der Waals surface area contributed by atoms with E-state index >= 15 is 0 Å². The Balaban J connectivity index is 2.67. The molecule has 0 aliphatic carbocycles. The summed E-state index contributed by atoms with van der Waals surface area (Å²) < 4.78 is 11.1. The van der Waals surface area contributed by atoms with Crippen LogP contribution in [0.4, 0.5) is 5.82 Å². The third-order valence-corrected chi connectivity index (χ3v) is 2.62. The predicted molar refractivity (Wildman–Crippen MR) is 76.9 cm³/mol. The predicted octanol–water partition coefficient (Wildman–Crippen LogP) is 2.58. The fourth-order valence-electron chi connectivity index (χ4n) is 1.62. The SMILES string of the molecule is CCCOCCOc1nc(CC)nc(NCC)c1C. The summed E-state index contributed by atoms with van der Waals surface area (Å²) in [6.45, 7) is 10.9. The van der Waals surface area contributed by atoms with Crippen molar-refractivity contribution in [3.8, 4) is 5.88 Å². The largest absolute Gasteiger partial charge is 0.475 e. The Morgan fingerprint density at radius 1 is 1.05 bits per heavy atom. The standard InChI is InChI=1S/C14H25N3O2/c1-5-8-18-9-10-19-14-11(4)13(15-7-3)16-12(6-2)17-14/h5-10H2,1-4H3,(H,15,16,17). The zero-order valence-electron chi connectivity index (χ0n) is 12.5. The monoisotopic (exact) mass is 267 g/mol. The van der Waals surface area contributed by atoms with E-state index in [9.17, 15) is 0 Å². The lowest BCUT2D eigenvalue weighted by atomic mass is 10.3. The van der Waals surface area contributed by atoms with Crippen molar-refractivity contribution < 1.29 is 9.47 Å². The molecule has 0 spiro atoms. The van der Waals surface area contributed by atoms with E-state index in [4.69, 9.17) is 9.47 Å². The van der Waals surface area contributed by atoms with Gasteiger partial charge in [-0.15, -0.1) is 0 Å². The van der Waals surface area contributed by atoms with Gasteiger partial charge in [0.15, 0.2) is 0 Å². The molecule has 1 heterocycles. The third kappa shape index (κ3) is 5.03. The molecule has 1 rings (SSSR count). The Hall–Kier alpha value is -1.36. The number of hydrogen-bond acceptors (Lipinski definition) is 5. The van der Waals surface area contributed by atoms with E-state index in [1.165, 1.54) is 0 Å². The lowest BCUT2D eigenvalue weighted by Crippen LogP contribution is -2.12. The number of anilines is 1. The zero-order valence-corrected chi connectivity index (χ0v) is 12.5. The van der Waals surface area contributed by atoms with E-state index in [2.05, 4.69) is 22.2 Å². The quantitative estimate of drug-likeness (QED) is 0.697. The highest BCUT2D eigenvalue weighted by Gasteiger charge is 2.10. The van der Waals surface area contributed by atoms with E-state index in [1.54, 1.807) is 0 Å². The van der Waals surface area contributed by atoms with Crippen molar-refractivity contribution in [2.75, 3.05) is 31.7 Å². The average molecular weight is 267 g/mol. The summed E-state index contributed by atoms with van der Waals surface area (Å²) >= 11 is 0. The summed E-state index contributed by atoms with van der Waals surface area (Å²) in [4.78, 5) is 8.89. The van der Waals surface area contributed by atoms with Crippen molar-refractivity contribution in [3.05, 3.63) is 11.4 Å². The summed E-state index contributed by atoms with van der Waals surface area (Å²) in [6.07, 6.45) is 1.82. The Labute approximate surface area is 115 Å². The Morgan fingerprint density at radius 3 is 2.47 bits per heavy atom. The summed E-state index contributed by atoms with van der Waals surface area (Å²) in [7, 11) is 0. The van der Waals surface area contributed by atoms with E-state index in [1.807, 2.05) is 20.8 Å². The van der Waals surface area contributed by atoms with Crippen LogP contribution in [0.25, 0.3) is 0 Å². The fraction of sp³-hybridized carbons (Fsp3) is 0.714. The molecule has 0 aliphatic rings. The molecule has 0 radical (unpaired) electrons. The van der Waals surface area contributed by atoms with Crippen LogP contribution in [0.15, 0.2) is 0 Å². The van der Waals surface area contributed by atoms with Gasteiger partial charge in [-0.2, -0.15) is 4.98 Å². The Bertz CT molecular complexity index is 383. The molecule has 0 aromatic carbocycles. The first-order chi connectivity index (χ1) is 9.22. The van der Waals surface area contributed by atoms with Crippen LogP contribution in [0.1, 0.15) is 38.6 Å². The number of aryl methyl sites for hydroxylation is 1. The van der Waals surface area contributed by atoms with Gasteiger partial charge < -0.3 is 14.8 Å². The van der Waals surface area contributed by atoms with Crippen LogP contribution in [0.5, 0.6) is 5.88 Å². The molecule has 0 fully saturated rings. The van der Waals surface area contributed by atoms with Gasteiger partial charge >= 0.3 is 0 Å². The van der Waals surface area contributed by atoms with Gasteiger partial charge in [0.25, 0.3) is 0 Å². The number of aromatic nitrogens is 2. The highest BCUT2D eigenvalue weighted by atomic mass is 16.5. The van der Waals surface area contributed by atoms with Crippen molar-refractivity contribution in [1.29, 1.82) is 0 Å². The minimum Gasteiger partial charge on any atom is -0.475 e. The summed E-state index contributed by atoms with van der Waals surface area (Å²) in [5.74, 6) is 2.31. The maximum Gasteiger partial charge on any atom is 0.221 e. The Morgan fingerprint density at radius 2 is 1.84 bits per heavy atom. The van der Waals surface area contributed by atoms with Gasteiger partial charge in [0.1, 0.15) is 18.2 Å². The van der Waals surface area contributed by atoms with Crippen LogP contribution in [0.2, 0.25) is 0 Å². The van der Waals surface area contributed by atoms with Crippen molar-refractivity contribution >= 4 is 5.82 Å². The normalized spacial score (nSPS) is 10.5. The highest BCUT2D eigenvalue weighted by molar-refractivity contribution is 5.48. The maximum absolute atomic E-state index is 5.70. The molecule has 1 aromatic rings. The lowest BCUT2D eigenvalue weighted by Gasteiger charge is -2.13. The van der Waals surface area contributed by atoms with Gasteiger partial charge in [-0.25, -0.2) is 4.98 Å². The van der Waals surface area contributed by atoms with Crippen LogP contribution in [-0.2, 0) is 11.2 Å². The average Bonchev–Trinajstić information content (AvgIpc) is 2.42. The first-order valence-corrected chi connectivity index (χ1v) is 7.04. The van der Waals surface area contributed by atoms with E-state index in [0.29, 0.717) is 19.1 Å². The van der Waals surface area contributed by atoms with Crippen molar-refractivity contribution in [1.82, 2.24) is 9.97 Å². The van der Waals surface area contributed by atoms with Crippen molar-refractivity contribution in [3.63, 3.8) is 0 Å². The van der Waals surface area contributed by atoms with Gasteiger partial charge in [-0.3, -0.25) is 0 Å². The molecule has 5 heteroatoms. The fourth-order valence-corrected chi connectivity index (χ4v) is 1.62. The van der Waals surface area contributed by atoms with Crippen LogP contribution in [0, 0.1) is 6.92 Å². The second-order valence-electron chi connectivity index (χ2n) is 4.26. The minimum absolute atomic E-state index is 0.520. The van der Waals surface area contributed by atoms with Crippen LogP contribution < -0.4 is 10.1 Å². The van der Waals surface area contributed by atoms with Gasteiger partial charge in [0, 0.05) is 19.6 Å². The highest BCUT2D eigenvalue weighted by Crippen LogP contribution is 2.22. The number of hydrogen-bond donors (Lipinski definition) is 1. The molecule has 1 N–H and O–H groups in total. The molecular formula is C14H25N3O2. The molecule has 0 bridgehead atoms. The molecular weight excluding hydrogens is 242 g/mol. The lowest BCUT2D eigenvalue weighted by molar-refractivity contribution is 0.0986. The Kier molecular flexibility index (Phi) is 7.18. The van der Waals surface area contributed by atoms with Crippen LogP contribution in [0.3, 0.4) is 0 Å². The van der Waals surface area contributed by atoms with E-state index < -0.39 is 0 Å². The second kappa shape index (κ2) is 8.69. The molecule has 0 aliphatic heterocycles. The molecule has 0 atom stereocenters. The van der Waals surface area contributed by atoms with E-state index in [0.717, 1.165) is 43.2 Å². The molecule has 108 valence electrons. The molecule has 0 saturated heterocycles. The van der Waals surface area contributed by atoms with Crippen molar-refractivity contribution in [2.24, 2.45) is 0 Å². The molecule has 0 amide bonds. The topological polar surface area (TPSA) is 56.3 Å². The number of nitrogens with one attached hydrogen (secondary N) is 1. The number of nitrogens with zero attached hydrogens (tertiary/aromatic N) is 2. The van der Waals surface area contributed by atoms with Gasteiger partial charge in [0.05, 0.1) is 12.2 Å². The molecule has 19 heavy (non-hydrogen) atoms. The first-order valence-electron chi connectivity index (χ1n) is 7.04. The molecule has 0 unspecified atom stereocenters. The van der Waals surface area contributed by atoms with Crippen molar-refractivity contribution in [2.45, 2.75) is 40.5 Å². The van der Waals surface area contributed by atoms with E-state index in [-0.39, 0.29) is 0 Å². The molecule has 1 aromatic heterocycles. The maximum atomic E-state index is 5.70. The summed E-state index contributed by atoms with van der Waals surface area (Å²) in [5.41, 5.74) is 0.953. The number of rotatable bonds is 9. The summed E-state index contributed by atoms with van der Waals surface area (Å²) in [5, 5.41) is 3.24. The van der Waals surface area contributed by atoms with Crippen LogP contribution in [-0.4, -0.2) is 36.3 Å². The smallest absolute Gasteiger partial charge is 0.221 e. The number of ether oxygens (including phenoxy) is 2.